The lowest BCUT2D eigenvalue weighted by molar-refractivity contribution is -0.894. The number of carbonyl (C=O) groups is 3. The summed E-state index contributed by atoms with van der Waals surface area (Å²) in [7, 11) is 2.38. The monoisotopic (exact) mass is 421 g/mol. The second-order valence-corrected chi connectivity index (χ2v) is 6.41. The van der Waals surface area contributed by atoms with Crippen LogP contribution < -0.4 is 26.6 Å². The third kappa shape index (κ3) is 5.77. The number of imide groups is 2. The smallest absolute Gasteiger partial charge is 0.331 e. The van der Waals surface area contributed by atoms with Gasteiger partial charge in [0.2, 0.25) is 0 Å². The van der Waals surface area contributed by atoms with E-state index in [-0.39, 0.29) is 11.1 Å². The topological polar surface area (TPSA) is 149 Å². The van der Waals surface area contributed by atoms with Gasteiger partial charge in [-0.25, -0.2) is 9.59 Å². The number of likely N-dealkylation sites (N-methyl/N-ethyl adjacent to an activating group) is 1. The molecule has 1 fully saturated rings. The summed E-state index contributed by atoms with van der Waals surface area (Å²) in [5, 5.41) is 13.7. The molecule has 1 aliphatic heterocycles. The van der Waals surface area contributed by atoms with Crippen LogP contribution >= 0.6 is 0 Å². The van der Waals surface area contributed by atoms with Gasteiger partial charge >= 0.3 is 11.7 Å². The molecule has 30 heavy (non-hydrogen) atoms. The summed E-state index contributed by atoms with van der Waals surface area (Å²) in [6.07, 6.45) is 3.25. The maximum Gasteiger partial charge on any atom is 0.331 e. The normalized spacial score (nSPS) is 15.6. The summed E-state index contributed by atoms with van der Waals surface area (Å²) in [5.74, 6) is -2.53. The summed E-state index contributed by atoms with van der Waals surface area (Å²) in [6, 6.07) is -0.850. The Morgan fingerprint density at radius 3 is 2.07 bits per heavy atom. The highest BCUT2D eigenvalue weighted by molar-refractivity contribution is 6.28. The van der Waals surface area contributed by atoms with Crippen LogP contribution in [0.25, 0.3) is 6.08 Å². The van der Waals surface area contributed by atoms with Crippen molar-refractivity contribution in [1.82, 2.24) is 19.8 Å². The molecule has 4 amide bonds. The Bertz CT molecular complexity index is 979. The number of aromatic nitrogens is 2. The minimum absolute atomic E-state index is 0.336. The molecule has 3 N–H and O–H groups in total. The number of rotatable bonds is 5. The zero-order valence-corrected chi connectivity index (χ0v) is 17.7. The Morgan fingerprint density at radius 1 is 1.00 bits per heavy atom. The molecule has 0 aromatic carbocycles. The van der Waals surface area contributed by atoms with E-state index < -0.39 is 35.0 Å². The van der Waals surface area contributed by atoms with Crippen molar-refractivity contribution in [1.29, 1.82) is 0 Å². The average Bonchev–Trinajstić information content (AvgIpc) is 2.71. The fourth-order valence-electron chi connectivity index (χ4n) is 2.52. The lowest BCUT2D eigenvalue weighted by atomic mass is 10.1. The molecule has 1 aromatic heterocycles. The van der Waals surface area contributed by atoms with Gasteiger partial charge in [0, 0.05) is 19.7 Å². The van der Waals surface area contributed by atoms with Gasteiger partial charge < -0.3 is 14.6 Å². The number of hydrogen-bond donors (Lipinski definition) is 3. The van der Waals surface area contributed by atoms with Gasteiger partial charge in [-0.2, -0.15) is 0 Å². The van der Waals surface area contributed by atoms with Gasteiger partial charge in [-0.05, 0) is 38.8 Å². The minimum Gasteiger partial charge on any atom is -0.859 e. The summed E-state index contributed by atoms with van der Waals surface area (Å²) in [6.45, 7) is 10.5. The Balaban J connectivity index is 0.000000553. The number of quaternary nitrogens is 1. The van der Waals surface area contributed by atoms with Gasteiger partial charge in [0.05, 0.1) is 19.6 Å². The number of nitrogens with zero attached hydrogens (tertiary/aromatic N) is 2. The molecule has 1 saturated heterocycles. The zero-order chi connectivity index (χ0) is 23.0. The van der Waals surface area contributed by atoms with Crippen molar-refractivity contribution in [3.8, 4) is 5.88 Å². The van der Waals surface area contributed by atoms with Crippen molar-refractivity contribution in [3.05, 3.63) is 44.1 Å². The van der Waals surface area contributed by atoms with Crippen LogP contribution in [0.2, 0.25) is 0 Å². The van der Waals surface area contributed by atoms with Gasteiger partial charge in [0.15, 0.2) is 0 Å². The molecule has 2 heterocycles. The van der Waals surface area contributed by atoms with Gasteiger partial charge in [-0.3, -0.25) is 29.6 Å². The second-order valence-electron chi connectivity index (χ2n) is 6.41. The standard InChI is InChI=1S/C13H12N4O6.C6H15N/c1-16-10(20)6(8(18)14-12(16)22)4-3-5-7-9(19)15-13(23)17(2)11(7)21;1-4-7(5-2)6-3/h3-5,20H,1-2H3,(H,14,18,22)(H,15,19,23);4-6H2,1-3H3. The molecule has 0 bridgehead atoms. The first-order valence-electron chi connectivity index (χ1n) is 9.44. The Hall–Kier alpha value is -3.47. The Morgan fingerprint density at radius 2 is 1.57 bits per heavy atom. The maximum absolute atomic E-state index is 11.8. The molecule has 0 radical (unpaired) electrons. The predicted octanol–water partition coefficient (Wildman–Crippen LogP) is -2.27. The average molecular weight is 421 g/mol. The molecule has 0 atom stereocenters. The van der Waals surface area contributed by atoms with Crippen LogP contribution in [0.15, 0.2) is 27.3 Å². The third-order valence-electron chi connectivity index (χ3n) is 4.64. The first-order chi connectivity index (χ1) is 14.1. The maximum atomic E-state index is 11.8. The number of hydrogen-bond acceptors (Lipinski definition) is 6. The molecule has 11 heteroatoms. The van der Waals surface area contributed by atoms with E-state index in [1.54, 1.807) is 4.90 Å². The van der Waals surface area contributed by atoms with Crippen molar-refractivity contribution >= 4 is 23.9 Å². The van der Waals surface area contributed by atoms with Crippen molar-refractivity contribution < 1.29 is 24.4 Å². The number of urea groups is 1. The van der Waals surface area contributed by atoms with E-state index in [0.29, 0.717) is 9.47 Å². The fourth-order valence-corrected chi connectivity index (χ4v) is 2.52. The van der Waals surface area contributed by atoms with Gasteiger partial charge in [-0.1, -0.05) is 6.08 Å². The largest absolute Gasteiger partial charge is 0.859 e. The molecule has 0 spiro atoms. The van der Waals surface area contributed by atoms with Crippen LogP contribution in [0.3, 0.4) is 0 Å². The summed E-state index contributed by atoms with van der Waals surface area (Å²) >= 11 is 0. The number of allylic oxidation sites excluding steroid dienone is 2. The molecular weight excluding hydrogens is 394 g/mol. The molecule has 2 rings (SSSR count). The summed E-state index contributed by atoms with van der Waals surface area (Å²) in [5.41, 5.74) is -2.41. The van der Waals surface area contributed by atoms with Crippen LogP contribution in [-0.4, -0.2) is 59.0 Å². The number of H-pyrrole nitrogens is 1. The number of barbiturate groups is 1. The van der Waals surface area contributed by atoms with E-state index in [4.69, 9.17) is 0 Å². The van der Waals surface area contributed by atoms with Crippen LogP contribution in [0.4, 0.5) is 4.79 Å². The van der Waals surface area contributed by atoms with E-state index in [1.807, 2.05) is 10.3 Å². The summed E-state index contributed by atoms with van der Waals surface area (Å²) in [4.78, 5) is 61.7. The molecule has 0 unspecified atom stereocenters. The van der Waals surface area contributed by atoms with E-state index in [0.717, 1.165) is 18.2 Å². The third-order valence-corrected chi connectivity index (χ3v) is 4.64. The van der Waals surface area contributed by atoms with E-state index in [9.17, 15) is 29.1 Å². The Labute approximate surface area is 173 Å². The highest BCUT2D eigenvalue weighted by Crippen LogP contribution is 2.10. The lowest BCUT2D eigenvalue weighted by Crippen LogP contribution is -3.11. The molecule has 0 saturated carbocycles. The number of nitrogens with one attached hydrogen (secondary N) is 3. The van der Waals surface area contributed by atoms with E-state index in [2.05, 4.69) is 20.8 Å². The minimum atomic E-state index is -0.889. The highest BCUT2D eigenvalue weighted by Gasteiger charge is 2.32. The number of carbonyl (C=O) groups excluding carboxylic acids is 3. The van der Waals surface area contributed by atoms with Gasteiger partial charge in [-0.15, -0.1) is 0 Å². The molecule has 1 aliphatic rings. The Kier molecular flexibility index (Phi) is 8.93. The molecule has 164 valence electrons. The second kappa shape index (κ2) is 10.9. The van der Waals surface area contributed by atoms with Crippen molar-refractivity contribution in [2.45, 2.75) is 20.8 Å². The van der Waals surface area contributed by atoms with Crippen LogP contribution in [0, 0.1) is 0 Å². The molecule has 11 nitrogen and oxygen atoms in total. The van der Waals surface area contributed by atoms with Crippen LogP contribution in [-0.2, 0) is 16.6 Å². The van der Waals surface area contributed by atoms with E-state index in [1.165, 1.54) is 33.7 Å². The molecule has 1 aromatic rings. The molecule has 0 aliphatic carbocycles. The predicted molar refractivity (Wildman–Crippen MR) is 108 cm³/mol. The first-order valence-corrected chi connectivity index (χ1v) is 9.44. The molecular formula is C19H27N5O6. The van der Waals surface area contributed by atoms with Crippen LogP contribution in [0.5, 0.6) is 5.88 Å². The highest BCUT2D eigenvalue weighted by atomic mass is 16.3. The van der Waals surface area contributed by atoms with Crippen molar-refractivity contribution in [2.75, 3.05) is 26.7 Å². The fraction of sp³-hybridized carbons (Fsp3) is 0.421. The quantitative estimate of drug-likeness (QED) is 0.360. The lowest BCUT2D eigenvalue weighted by Gasteiger charge is -2.21. The SMILES string of the molecule is CC[NH+](CC)CC.CN1C(=O)NC(=O)C(=CC=Cc2c([O-])n(C)c(=O)[nH]c2=O)C1=O. The number of aromatic amines is 1. The zero-order valence-electron chi connectivity index (χ0n) is 17.7. The van der Waals surface area contributed by atoms with E-state index >= 15 is 0 Å². The van der Waals surface area contributed by atoms with Crippen molar-refractivity contribution in [3.63, 3.8) is 0 Å². The summed E-state index contributed by atoms with van der Waals surface area (Å²) < 4.78 is 0.707. The van der Waals surface area contributed by atoms with Gasteiger partial charge in [0.1, 0.15) is 5.57 Å². The van der Waals surface area contributed by atoms with Gasteiger partial charge in [0.25, 0.3) is 17.4 Å². The van der Waals surface area contributed by atoms with Crippen LogP contribution in [0.1, 0.15) is 26.3 Å². The first kappa shape index (κ1) is 24.6. The van der Waals surface area contributed by atoms with Crippen molar-refractivity contribution in [2.24, 2.45) is 7.05 Å². The number of amides is 4.